The van der Waals surface area contributed by atoms with Gasteiger partial charge >= 0.3 is 5.97 Å². The Morgan fingerprint density at radius 3 is 2.76 bits per heavy atom. The van der Waals surface area contributed by atoms with Crippen LogP contribution in [0.3, 0.4) is 0 Å². The maximum atomic E-state index is 13.1. The molecule has 8 heteroatoms. The third-order valence-electron chi connectivity index (χ3n) is 7.35. The molecule has 1 unspecified atom stereocenters. The second kappa shape index (κ2) is 13.2. The van der Waals surface area contributed by atoms with Crippen molar-refractivity contribution in [2.45, 2.75) is 43.1 Å². The molecule has 1 saturated heterocycles. The molecule has 1 aromatic heterocycles. The molecule has 1 aliphatic heterocycles. The van der Waals surface area contributed by atoms with E-state index < -0.39 is 12.1 Å². The molecular formula is C29H35FN2O4S. The maximum absolute atomic E-state index is 13.1. The van der Waals surface area contributed by atoms with Gasteiger partial charge in [-0.2, -0.15) is 0 Å². The molecule has 4 rings (SSSR count). The fraction of sp³-hybridized carbons (Fsp3) is 0.448. The average Bonchev–Trinajstić information content (AvgIpc) is 2.91. The van der Waals surface area contributed by atoms with E-state index in [0.29, 0.717) is 18.8 Å². The van der Waals surface area contributed by atoms with E-state index in [1.165, 1.54) is 12.1 Å². The first-order valence-electron chi connectivity index (χ1n) is 12.9. The molecule has 0 spiro atoms. The number of carbonyl (C=O) groups is 1. The predicted molar refractivity (Wildman–Crippen MR) is 145 cm³/mol. The standard InChI is InChI=1S/C29H35FN2O4S/c1-36-23-6-9-27-26(18-23)25(12-14-31-27)28(33)10-2-20-13-15-32(19-21(20)3-11-29(34)35)16-17-37-24-7-4-22(30)5-8-24/h4-9,12,14,18,20-21,28,33H,2-3,10-11,13,15-17,19H2,1H3,(H,34,35)/t20-,21+,28?/m1/s1. The molecule has 0 bridgehead atoms. The van der Waals surface area contributed by atoms with E-state index in [4.69, 9.17) is 4.74 Å². The summed E-state index contributed by atoms with van der Waals surface area (Å²) in [6, 6.07) is 14.1. The highest BCUT2D eigenvalue weighted by Crippen LogP contribution is 2.35. The van der Waals surface area contributed by atoms with Crippen LogP contribution in [-0.4, -0.2) is 58.6 Å². The molecule has 1 fully saturated rings. The Balaban J connectivity index is 1.34. The van der Waals surface area contributed by atoms with Crippen molar-refractivity contribution in [3.63, 3.8) is 0 Å². The van der Waals surface area contributed by atoms with Crippen molar-refractivity contribution in [3.05, 3.63) is 66.1 Å². The van der Waals surface area contributed by atoms with Crippen LogP contribution in [-0.2, 0) is 4.79 Å². The lowest BCUT2D eigenvalue weighted by Crippen LogP contribution is -2.41. The lowest BCUT2D eigenvalue weighted by molar-refractivity contribution is -0.137. The Kier molecular flexibility index (Phi) is 9.77. The summed E-state index contributed by atoms with van der Waals surface area (Å²) in [7, 11) is 1.62. The highest BCUT2D eigenvalue weighted by Gasteiger charge is 2.30. The second-order valence-corrected chi connectivity index (χ2v) is 10.9. The van der Waals surface area contributed by atoms with Crippen LogP contribution in [0.2, 0.25) is 0 Å². The predicted octanol–water partition coefficient (Wildman–Crippen LogP) is 5.79. The number of likely N-dealkylation sites (tertiary alicyclic amines) is 1. The molecule has 0 radical (unpaired) electrons. The molecule has 0 aliphatic carbocycles. The summed E-state index contributed by atoms with van der Waals surface area (Å²) in [6.45, 7) is 2.74. The summed E-state index contributed by atoms with van der Waals surface area (Å²) in [5, 5.41) is 21.3. The molecule has 2 aromatic carbocycles. The van der Waals surface area contributed by atoms with Crippen LogP contribution >= 0.6 is 11.8 Å². The van der Waals surface area contributed by atoms with E-state index in [9.17, 15) is 19.4 Å². The van der Waals surface area contributed by atoms with Gasteiger partial charge in [0.05, 0.1) is 18.7 Å². The number of fused-ring (bicyclic) bond motifs is 1. The van der Waals surface area contributed by atoms with Gasteiger partial charge < -0.3 is 19.8 Å². The van der Waals surface area contributed by atoms with E-state index in [1.807, 2.05) is 24.3 Å². The van der Waals surface area contributed by atoms with Crippen molar-refractivity contribution >= 4 is 28.6 Å². The minimum atomic E-state index is -0.764. The molecule has 1 aliphatic rings. The van der Waals surface area contributed by atoms with Crippen molar-refractivity contribution in [1.29, 1.82) is 0 Å². The van der Waals surface area contributed by atoms with Crippen molar-refractivity contribution in [2.75, 3.05) is 32.5 Å². The zero-order valence-corrected chi connectivity index (χ0v) is 22.0. The number of rotatable bonds is 12. The van der Waals surface area contributed by atoms with E-state index in [0.717, 1.165) is 65.3 Å². The Morgan fingerprint density at radius 1 is 1.19 bits per heavy atom. The fourth-order valence-electron chi connectivity index (χ4n) is 5.29. The van der Waals surface area contributed by atoms with E-state index in [-0.39, 0.29) is 18.2 Å². The lowest BCUT2D eigenvalue weighted by Gasteiger charge is -2.39. The first-order chi connectivity index (χ1) is 17.9. The van der Waals surface area contributed by atoms with Crippen molar-refractivity contribution in [1.82, 2.24) is 9.88 Å². The second-order valence-electron chi connectivity index (χ2n) is 9.72. The van der Waals surface area contributed by atoms with E-state index in [1.54, 1.807) is 37.2 Å². The molecule has 37 heavy (non-hydrogen) atoms. The zero-order chi connectivity index (χ0) is 26.2. The first-order valence-corrected chi connectivity index (χ1v) is 13.8. The summed E-state index contributed by atoms with van der Waals surface area (Å²) in [6.07, 6.45) is 4.36. The number of benzene rings is 2. The van der Waals surface area contributed by atoms with E-state index >= 15 is 0 Å². The molecule has 0 amide bonds. The normalized spacial score (nSPS) is 19.1. The average molecular weight is 527 g/mol. The highest BCUT2D eigenvalue weighted by molar-refractivity contribution is 7.99. The van der Waals surface area contributed by atoms with Gasteiger partial charge in [-0.05, 0) is 98.2 Å². The van der Waals surface area contributed by atoms with Gasteiger partial charge in [-0.1, -0.05) is 0 Å². The number of aliphatic hydroxyl groups excluding tert-OH is 1. The van der Waals surface area contributed by atoms with Gasteiger partial charge in [0.2, 0.25) is 0 Å². The number of piperidine rings is 1. The maximum Gasteiger partial charge on any atom is 0.303 e. The number of ether oxygens (including phenoxy) is 1. The third kappa shape index (κ3) is 7.66. The first kappa shape index (κ1) is 27.4. The Hall–Kier alpha value is -2.68. The number of halogens is 1. The van der Waals surface area contributed by atoms with Gasteiger partial charge in [-0.25, -0.2) is 4.39 Å². The minimum Gasteiger partial charge on any atom is -0.497 e. The number of aromatic nitrogens is 1. The molecular weight excluding hydrogens is 491 g/mol. The van der Waals surface area contributed by atoms with Crippen LogP contribution in [0.1, 0.15) is 43.8 Å². The molecule has 3 atom stereocenters. The Labute approximate surface area is 221 Å². The fourth-order valence-corrected chi connectivity index (χ4v) is 6.20. The van der Waals surface area contributed by atoms with Crippen LogP contribution in [0, 0.1) is 17.7 Å². The van der Waals surface area contributed by atoms with Crippen molar-refractivity contribution in [2.24, 2.45) is 11.8 Å². The number of hydrogen-bond donors (Lipinski definition) is 2. The van der Waals surface area contributed by atoms with Gasteiger partial charge in [0, 0.05) is 41.7 Å². The zero-order valence-electron chi connectivity index (χ0n) is 21.2. The van der Waals surface area contributed by atoms with Crippen LogP contribution in [0.15, 0.2) is 59.6 Å². The van der Waals surface area contributed by atoms with Gasteiger partial charge in [0.1, 0.15) is 11.6 Å². The van der Waals surface area contributed by atoms with Crippen LogP contribution in [0.5, 0.6) is 5.75 Å². The molecule has 6 nitrogen and oxygen atoms in total. The number of thioether (sulfide) groups is 1. The quantitative estimate of drug-likeness (QED) is 0.289. The largest absolute Gasteiger partial charge is 0.497 e. The van der Waals surface area contributed by atoms with Crippen molar-refractivity contribution in [3.8, 4) is 5.75 Å². The summed E-state index contributed by atoms with van der Waals surface area (Å²) in [5.41, 5.74) is 1.67. The summed E-state index contributed by atoms with van der Waals surface area (Å²) in [4.78, 5) is 19.2. The SMILES string of the molecule is COc1ccc2nccc(C(O)CC[C@@H]3CCN(CCSc4ccc(F)cc4)C[C@@H]3CCC(=O)O)c2c1. The number of aliphatic hydroxyl groups is 1. The number of carboxylic acids is 1. The number of pyridine rings is 1. The number of nitrogens with zero attached hydrogens (tertiary/aromatic N) is 2. The highest BCUT2D eigenvalue weighted by atomic mass is 32.2. The van der Waals surface area contributed by atoms with E-state index in [2.05, 4.69) is 9.88 Å². The van der Waals surface area contributed by atoms with Crippen LogP contribution in [0.25, 0.3) is 10.9 Å². The molecule has 198 valence electrons. The third-order valence-corrected chi connectivity index (χ3v) is 8.34. The number of aliphatic carboxylic acids is 1. The Bertz CT molecular complexity index is 1180. The van der Waals surface area contributed by atoms with Gasteiger partial charge in [0.25, 0.3) is 0 Å². The molecule has 0 saturated carbocycles. The minimum absolute atomic E-state index is 0.163. The van der Waals surface area contributed by atoms with Crippen molar-refractivity contribution < 1.29 is 24.1 Å². The molecule has 3 aromatic rings. The number of hydrogen-bond acceptors (Lipinski definition) is 6. The lowest BCUT2D eigenvalue weighted by atomic mass is 9.79. The summed E-state index contributed by atoms with van der Waals surface area (Å²) < 4.78 is 18.5. The number of methoxy groups -OCH3 is 1. The van der Waals surface area contributed by atoms with Crippen LogP contribution in [0.4, 0.5) is 4.39 Å². The number of carboxylic acid groups (broad SMARTS) is 1. The molecule has 2 heterocycles. The summed E-state index contributed by atoms with van der Waals surface area (Å²) >= 11 is 1.71. The topological polar surface area (TPSA) is 82.9 Å². The Morgan fingerprint density at radius 2 is 2.00 bits per heavy atom. The molecule has 2 N–H and O–H groups in total. The van der Waals surface area contributed by atoms with Gasteiger partial charge in [-0.15, -0.1) is 11.8 Å². The monoisotopic (exact) mass is 526 g/mol. The van der Waals surface area contributed by atoms with Gasteiger partial charge in [0.15, 0.2) is 0 Å². The van der Waals surface area contributed by atoms with Crippen LogP contribution < -0.4 is 4.74 Å². The summed E-state index contributed by atoms with van der Waals surface area (Å²) in [5.74, 6) is 1.29. The van der Waals surface area contributed by atoms with Gasteiger partial charge in [-0.3, -0.25) is 9.78 Å². The smallest absolute Gasteiger partial charge is 0.303 e.